The standard InChI is InChI=1S/C69H47N/c1-4-18-48(19-5-1)49-36-38-50(39-37-49)51-40-44-56(45-41-51)70(57-46-42-53(43-47-57)59-28-14-21-52-20-10-11-26-58(52)59)67-35-17-30-60-61(29-15-31-62(60)67)63-32-16-34-66-68(63)64-27-12-13-33-65(64)69(66,54-22-6-2-7-23-54)55-24-8-3-9-25-55/h1-47H. The number of rotatable bonds is 9. The average molecular weight is 890 g/mol. The Hall–Kier alpha value is -9.04. The molecule has 1 aliphatic carbocycles. The Morgan fingerprint density at radius 3 is 1.36 bits per heavy atom. The quantitative estimate of drug-likeness (QED) is 0.140. The van der Waals surface area contributed by atoms with Crippen molar-refractivity contribution in [1.29, 1.82) is 0 Å². The highest BCUT2D eigenvalue weighted by molar-refractivity contribution is 6.09. The summed E-state index contributed by atoms with van der Waals surface area (Å²) in [6.07, 6.45) is 0. The maximum absolute atomic E-state index is 2.43. The lowest BCUT2D eigenvalue weighted by molar-refractivity contribution is 0.768. The lowest BCUT2D eigenvalue weighted by Gasteiger charge is -2.34. The molecule has 0 radical (unpaired) electrons. The molecule has 1 aliphatic rings. The fourth-order valence-corrected chi connectivity index (χ4v) is 11.4. The van der Waals surface area contributed by atoms with Crippen molar-refractivity contribution in [3.05, 3.63) is 307 Å². The van der Waals surface area contributed by atoms with E-state index in [1.807, 2.05) is 0 Å². The van der Waals surface area contributed by atoms with Gasteiger partial charge in [-0.2, -0.15) is 0 Å². The maximum Gasteiger partial charge on any atom is 0.0713 e. The van der Waals surface area contributed by atoms with Crippen LogP contribution >= 0.6 is 0 Å². The third-order valence-electron chi connectivity index (χ3n) is 14.6. The first-order valence-electron chi connectivity index (χ1n) is 24.2. The maximum atomic E-state index is 2.43. The zero-order valence-electron chi connectivity index (χ0n) is 38.6. The van der Waals surface area contributed by atoms with Gasteiger partial charge in [0, 0.05) is 16.8 Å². The normalized spacial score (nSPS) is 12.4. The zero-order chi connectivity index (χ0) is 46.4. The summed E-state index contributed by atoms with van der Waals surface area (Å²) in [4.78, 5) is 2.43. The average Bonchev–Trinajstić information content (AvgIpc) is 3.75. The Morgan fingerprint density at radius 2 is 0.671 bits per heavy atom. The molecule has 1 nitrogen and oxygen atoms in total. The molecule has 0 heterocycles. The van der Waals surface area contributed by atoms with Crippen LogP contribution in [0.15, 0.2) is 285 Å². The summed E-state index contributed by atoms with van der Waals surface area (Å²) in [5.41, 5.74) is 20.2. The first kappa shape index (κ1) is 41.2. The van der Waals surface area contributed by atoms with Crippen LogP contribution in [-0.2, 0) is 5.41 Å². The van der Waals surface area contributed by atoms with E-state index >= 15 is 0 Å². The Kier molecular flexibility index (Phi) is 10.1. The second-order valence-electron chi connectivity index (χ2n) is 18.3. The second-order valence-corrected chi connectivity index (χ2v) is 18.3. The summed E-state index contributed by atoms with van der Waals surface area (Å²) in [6.45, 7) is 0. The Morgan fingerprint density at radius 1 is 0.243 bits per heavy atom. The molecule has 13 rings (SSSR count). The third-order valence-corrected chi connectivity index (χ3v) is 14.6. The lowest BCUT2D eigenvalue weighted by atomic mass is 9.67. The minimum absolute atomic E-state index is 0.481. The number of benzene rings is 12. The van der Waals surface area contributed by atoms with Gasteiger partial charge in [0.05, 0.1) is 11.1 Å². The third kappa shape index (κ3) is 6.78. The van der Waals surface area contributed by atoms with Gasteiger partial charge in [-0.1, -0.05) is 255 Å². The number of anilines is 3. The van der Waals surface area contributed by atoms with Crippen molar-refractivity contribution < 1.29 is 0 Å². The molecule has 0 saturated carbocycles. The fourth-order valence-electron chi connectivity index (χ4n) is 11.4. The van der Waals surface area contributed by atoms with Crippen molar-refractivity contribution in [2.24, 2.45) is 0 Å². The number of nitrogens with zero attached hydrogens (tertiary/aromatic N) is 1. The van der Waals surface area contributed by atoms with Gasteiger partial charge >= 0.3 is 0 Å². The van der Waals surface area contributed by atoms with E-state index in [0.717, 1.165) is 17.1 Å². The van der Waals surface area contributed by atoms with Gasteiger partial charge in [0.25, 0.3) is 0 Å². The summed E-state index contributed by atoms with van der Waals surface area (Å²) in [7, 11) is 0. The van der Waals surface area contributed by atoms with Crippen LogP contribution in [0.3, 0.4) is 0 Å². The topological polar surface area (TPSA) is 3.24 Å². The molecule has 0 amide bonds. The first-order chi connectivity index (χ1) is 34.7. The molecular weight excluding hydrogens is 843 g/mol. The second kappa shape index (κ2) is 17.2. The molecule has 0 aromatic heterocycles. The van der Waals surface area contributed by atoms with E-state index in [1.54, 1.807) is 0 Å². The highest BCUT2D eigenvalue weighted by Gasteiger charge is 2.46. The number of hydrogen-bond donors (Lipinski definition) is 0. The Labute approximate surface area is 409 Å². The highest BCUT2D eigenvalue weighted by Crippen LogP contribution is 2.58. The molecule has 0 N–H and O–H groups in total. The highest BCUT2D eigenvalue weighted by atomic mass is 15.1. The molecule has 0 fully saturated rings. The lowest BCUT2D eigenvalue weighted by Crippen LogP contribution is -2.28. The van der Waals surface area contributed by atoms with Crippen LogP contribution in [0.5, 0.6) is 0 Å². The van der Waals surface area contributed by atoms with E-state index in [9.17, 15) is 0 Å². The van der Waals surface area contributed by atoms with Gasteiger partial charge in [-0.15, -0.1) is 0 Å². The van der Waals surface area contributed by atoms with Crippen LogP contribution in [0.2, 0.25) is 0 Å². The molecule has 0 saturated heterocycles. The van der Waals surface area contributed by atoms with Gasteiger partial charge in [0.1, 0.15) is 0 Å². The summed E-state index contributed by atoms with van der Waals surface area (Å²) in [6, 6.07) is 105. The Bertz CT molecular complexity index is 3790. The molecule has 0 atom stereocenters. The van der Waals surface area contributed by atoms with Gasteiger partial charge in [-0.05, 0) is 124 Å². The molecule has 70 heavy (non-hydrogen) atoms. The monoisotopic (exact) mass is 889 g/mol. The smallest absolute Gasteiger partial charge is 0.0713 e. The SMILES string of the molecule is c1ccc(-c2ccc(-c3ccc(N(c4ccc(-c5cccc6ccccc56)cc4)c4cccc5c(-c6cccc7c6-c6ccccc6C7(c6ccccc6)c6ccccc6)cccc45)cc3)cc2)cc1. The van der Waals surface area contributed by atoms with Crippen LogP contribution in [-0.4, -0.2) is 0 Å². The van der Waals surface area contributed by atoms with Gasteiger partial charge in [-0.3, -0.25) is 0 Å². The van der Waals surface area contributed by atoms with Crippen molar-refractivity contribution in [2.45, 2.75) is 5.41 Å². The van der Waals surface area contributed by atoms with Gasteiger partial charge < -0.3 is 4.90 Å². The van der Waals surface area contributed by atoms with Crippen molar-refractivity contribution in [3.63, 3.8) is 0 Å². The molecule has 12 aromatic carbocycles. The van der Waals surface area contributed by atoms with Crippen molar-refractivity contribution in [3.8, 4) is 55.6 Å². The van der Waals surface area contributed by atoms with E-state index in [2.05, 4.69) is 290 Å². The van der Waals surface area contributed by atoms with Gasteiger partial charge in [0.15, 0.2) is 0 Å². The molecule has 328 valence electrons. The molecule has 0 spiro atoms. The van der Waals surface area contributed by atoms with Crippen LogP contribution < -0.4 is 4.90 Å². The van der Waals surface area contributed by atoms with Crippen LogP contribution in [0.4, 0.5) is 17.1 Å². The van der Waals surface area contributed by atoms with E-state index < -0.39 is 5.41 Å². The Balaban J connectivity index is 0.969. The van der Waals surface area contributed by atoms with Crippen LogP contribution in [0.1, 0.15) is 22.3 Å². The zero-order valence-corrected chi connectivity index (χ0v) is 38.6. The van der Waals surface area contributed by atoms with Crippen molar-refractivity contribution >= 4 is 38.6 Å². The predicted molar refractivity (Wildman–Crippen MR) is 295 cm³/mol. The number of hydrogen-bond acceptors (Lipinski definition) is 1. The molecule has 0 unspecified atom stereocenters. The van der Waals surface area contributed by atoms with E-state index in [-0.39, 0.29) is 0 Å². The summed E-state index contributed by atoms with van der Waals surface area (Å²) >= 11 is 0. The summed E-state index contributed by atoms with van der Waals surface area (Å²) in [5.74, 6) is 0. The molecule has 1 heteroatoms. The summed E-state index contributed by atoms with van der Waals surface area (Å²) < 4.78 is 0. The van der Waals surface area contributed by atoms with Crippen molar-refractivity contribution in [2.75, 3.05) is 4.90 Å². The molecule has 0 bridgehead atoms. The molecule has 12 aromatic rings. The van der Waals surface area contributed by atoms with Crippen LogP contribution in [0, 0.1) is 0 Å². The molecular formula is C69H47N. The molecule has 0 aliphatic heterocycles. The van der Waals surface area contributed by atoms with E-state index in [4.69, 9.17) is 0 Å². The van der Waals surface area contributed by atoms with Crippen LogP contribution in [0.25, 0.3) is 77.2 Å². The van der Waals surface area contributed by atoms with Crippen molar-refractivity contribution in [1.82, 2.24) is 0 Å². The largest absolute Gasteiger partial charge is 0.310 e. The minimum atomic E-state index is -0.481. The summed E-state index contributed by atoms with van der Waals surface area (Å²) in [5, 5.41) is 4.88. The van der Waals surface area contributed by atoms with Gasteiger partial charge in [-0.25, -0.2) is 0 Å². The fraction of sp³-hybridized carbons (Fsp3) is 0.0145. The van der Waals surface area contributed by atoms with Gasteiger partial charge in [0.2, 0.25) is 0 Å². The van der Waals surface area contributed by atoms with E-state index in [0.29, 0.717) is 0 Å². The predicted octanol–water partition coefficient (Wildman–Crippen LogP) is 18.5. The van der Waals surface area contributed by atoms with E-state index in [1.165, 1.54) is 99.4 Å². The minimum Gasteiger partial charge on any atom is -0.310 e. The number of fused-ring (bicyclic) bond motifs is 5. The first-order valence-corrected chi connectivity index (χ1v) is 24.2.